The Morgan fingerprint density at radius 3 is 2.23 bits per heavy atom. The van der Waals surface area contributed by atoms with Gasteiger partial charge in [-0.1, -0.05) is 13.3 Å². The van der Waals surface area contributed by atoms with Gasteiger partial charge < -0.3 is 5.11 Å². The number of hydrogen-bond acceptors (Lipinski definition) is 1. The molecular formula is C10H18F2O. The lowest BCUT2D eigenvalue weighted by Crippen LogP contribution is -2.32. The maximum absolute atomic E-state index is 13.4. The summed E-state index contributed by atoms with van der Waals surface area (Å²) in [5.41, 5.74) is 0. The molecule has 1 fully saturated rings. The number of hydrogen-bond donors (Lipinski definition) is 1. The zero-order valence-corrected chi connectivity index (χ0v) is 8.10. The zero-order chi connectivity index (χ0) is 9.90. The first-order chi connectivity index (χ1) is 6.06. The Labute approximate surface area is 78.1 Å². The van der Waals surface area contributed by atoms with Crippen molar-refractivity contribution in [1.29, 1.82) is 0 Å². The summed E-state index contributed by atoms with van der Waals surface area (Å²) in [7, 11) is 0. The van der Waals surface area contributed by atoms with Crippen molar-refractivity contribution >= 4 is 0 Å². The van der Waals surface area contributed by atoms with Gasteiger partial charge in [0.1, 0.15) is 0 Å². The molecule has 1 saturated carbocycles. The molecule has 0 unspecified atom stereocenters. The SMILES string of the molecule is CCCC(F)(F)[C@H]1CC[C@H](O)CC1. The van der Waals surface area contributed by atoms with E-state index in [1.807, 2.05) is 0 Å². The van der Waals surface area contributed by atoms with Crippen LogP contribution < -0.4 is 0 Å². The van der Waals surface area contributed by atoms with Crippen molar-refractivity contribution in [3.8, 4) is 0 Å². The lowest BCUT2D eigenvalue weighted by Gasteiger charge is -2.31. The molecule has 0 bridgehead atoms. The first-order valence-electron chi connectivity index (χ1n) is 5.12. The fourth-order valence-corrected chi connectivity index (χ4v) is 2.04. The summed E-state index contributed by atoms with van der Waals surface area (Å²) in [5.74, 6) is -3.00. The third-order valence-electron chi connectivity index (χ3n) is 2.88. The third kappa shape index (κ3) is 2.90. The van der Waals surface area contributed by atoms with Crippen LogP contribution in [0, 0.1) is 5.92 Å². The highest BCUT2D eigenvalue weighted by molar-refractivity contribution is 4.82. The van der Waals surface area contributed by atoms with E-state index in [4.69, 9.17) is 0 Å². The molecular weight excluding hydrogens is 174 g/mol. The van der Waals surface area contributed by atoms with E-state index in [9.17, 15) is 13.9 Å². The predicted molar refractivity (Wildman–Crippen MR) is 47.8 cm³/mol. The van der Waals surface area contributed by atoms with Crippen molar-refractivity contribution in [1.82, 2.24) is 0 Å². The van der Waals surface area contributed by atoms with Crippen molar-refractivity contribution in [2.45, 2.75) is 57.5 Å². The first-order valence-corrected chi connectivity index (χ1v) is 5.12. The van der Waals surface area contributed by atoms with Crippen molar-refractivity contribution in [2.24, 2.45) is 5.92 Å². The molecule has 1 nitrogen and oxygen atoms in total. The Kier molecular flexibility index (Phi) is 3.65. The molecule has 0 aromatic carbocycles. The molecule has 3 heteroatoms. The van der Waals surface area contributed by atoms with Crippen LogP contribution in [0.4, 0.5) is 8.78 Å². The Hall–Kier alpha value is -0.180. The second-order valence-corrected chi connectivity index (χ2v) is 4.02. The predicted octanol–water partition coefficient (Wildman–Crippen LogP) is 2.97. The van der Waals surface area contributed by atoms with Gasteiger partial charge in [0.2, 0.25) is 0 Å². The number of rotatable bonds is 3. The molecule has 0 aliphatic heterocycles. The van der Waals surface area contributed by atoms with Crippen LogP contribution in [-0.2, 0) is 0 Å². The van der Waals surface area contributed by atoms with Crippen LogP contribution >= 0.6 is 0 Å². The van der Waals surface area contributed by atoms with E-state index < -0.39 is 11.8 Å². The summed E-state index contributed by atoms with van der Waals surface area (Å²) in [4.78, 5) is 0. The fourth-order valence-electron chi connectivity index (χ4n) is 2.04. The van der Waals surface area contributed by atoms with E-state index in [-0.39, 0.29) is 12.5 Å². The molecule has 0 heterocycles. The van der Waals surface area contributed by atoms with Gasteiger partial charge in [-0.15, -0.1) is 0 Å². The second kappa shape index (κ2) is 4.36. The molecule has 0 aromatic heterocycles. The molecule has 1 aliphatic rings. The second-order valence-electron chi connectivity index (χ2n) is 4.02. The molecule has 1 rings (SSSR count). The standard InChI is InChI=1S/C10H18F2O/c1-2-7-10(11,12)8-3-5-9(13)6-4-8/h8-9,13H,2-7H2,1H3/t8-,9-. The Morgan fingerprint density at radius 1 is 1.23 bits per heavy atom. The number of alkyl halides is 2. The Bertz CT molecular complexity index is 151. The molecule has 78 valence electrons. The van der Waals surface area contributed by atoms with E-state index in [1.54, 1.807) is 6.92 Å². The Morgan fingerprint density at radius 2 is 1.77 bits per heavy atom. The average Bonchev–Trinajstić information content (AvgIpc) is 2.05. The lowest BCUT2D eigenvalue weighted by molar-refractivity contribution is -0.0875. The van der Waals surface area contributed by atoms with Crippen molar-refractivity contribution in [3.63, 3.8) is 0 Å². The highest BCUT2D eigenvalue weighted by Crippen LogP contribution is 2.39. The van der Waals surface area contributed by atoms with Gasteiger partial charge in [-0.2, -0.15) is 0 Å². The van der Waals surface area contributed by atoms with Gasteiger partial charge in [0.05, 0.1) is 6.10 Å². The van der Waals surface area contributed by atoms with E-state index in [1.165, 1.54) is 0 Å². The van der Waals surface area contributed by atoms with Crippen LogP contribution in [0.1, 0.15) is 45.4 Å². The molecule has 0 radical (unpaired) electrons. The minimum atomic E-state index is -2.51. The number of halogens is 2. The first kappa shape index (κ1) is 10.9. The van der Waals surface area contributed by atoms with Gasteiger partial charge in [-0.25, -0.2) is 8.78 Å². The molecule has 0 aromatic rings. The van der Waals surface area contributed by atoms with Crippen molar-refractivity contribution in [3.05, 3.63) is 0 Å². The number of aliphatic hydroxyl groups excluding tert-OH is 1. The van der Waals surface area contributed by atoms with Gasteiger partial charge in [0.25, 0.3) is 5.92 Å². The van der Waals surface area contributed by atoms with Crippen LogP contribution in [0.2, 0.25) is 0 Å². The van der Waals surface area contributed by atoms with Gasteiger partial charge in [0.15, 0.2) is 0 Å². The van der Waals surface area contributed by atoms with Gasteiger partial charge in [-0.05, 0) is 25.7 Å². The molecule has 0 amide bonds. The van der Waals surface area contributed by atoms with Gasteiger partial charge in [-0.3, -0.25) is 0 Å². The van der Waals surface area contributed by atoms with Crippen LogP contribution in [-0.4, -0.2) is 17.1 Å². The van der Waals surface area contributed by atoms with E-state index in [0.717, 1.165) is 0 Å². The minimum absolute atomic E-state index is 0.00619. The summed E-state index contributed by atoms with van der Waals surface area (Å²) in [6.07, 6.45) is 2.24. The Balaban J connectivity index is 2.42. The lowest BCUT2D eigenvalue weighted by atomic mass is 9.82. The molecule has 1 aliphatic carbocycles. The van der Waals surface area contributed by atoms with Crippen LogP contribution in [0.3, 0.4) is 0 Å². The third-order valence-corrected chi connectivity index (χ3v) is 2.88. The highest BCUT2D eigenvalue weighted by atomic mass is 19.3. The highest BCUT2D eigenvalue weighted by Gasteiger charge is 2.39. The summed E-state index contributed by atoms with van der Waals surface area (Å²) < 4.78 is 26.7. The molecule has 0 saturated heterocycles. The topological polar surface area (TPSA) is 20.2 Å². The van der Waals surface area contributed by atoms with Crippen LogP contribution in [0.25, 0.3) is 0 Å². The van der Waals surface area contributed by atoms with Crippen LogP contribution in [0.15, 0.2) is 0 Å². The fraction of sp³-hybridized carbons (Fsp3) is 1.00. The monoisotopic (exact) mass is 192 g/mol. The van der Waals surface area contributed by atoms with E-state index in [2.05, 4.69) is 0 Å². The number of aliphatic hydroxyl groups is 1. The molecule has 0 atom stereocenters. The van der Waals surface area contributed by atoms with Gasteiger partial charge in [0, 0.05) is 12.3 Å². The quantitative estimate of drug-likeness (QED) is 0.728. The normalized spacial score (nSPS) is 30.5. The van der Waals surface area contributed by atoms with Crippen molar-refractivity contribution < 1.29 is 13.9 Å². The van der Waals surface area contributed by atoms with Gasteiger partial charge >= 0.3 is 0 Å². The minimum Gasteiger partial charge on any atom is -0.393 e. The van der Waals surface area contributed by atoms with E-state index in [0.29, 0.717) is 32.1 Å². The molecule has 0 spiro atoms. The van der Waals surface area contributed by atoms with E-state index >= 15 is 0 Å². The summed E-state index contributed by atoms with van der Waals surface area (Å²) in [6.45, 7) is 1.78. The molecule has 1 N–H and O–H groups in total. The van der Waals surface area contributed by atoms with Crippen molar-refractivity contribution in [2.75, 3.05) is 0 Å². The maximum atomic E-state index is 13.4. The summed E-state index contributed by atoms with van der Waals surface area (Å²) in [6, 6.07) is 0. The largest absolute Gasteiger partial charge is 0.393 e. The summed E-state index contributed by atoms with van der Waals surface area (Å²) in [5, 5.41) is 9.18. The molecule has 13 heavy (non-hydrogen) atoms. The zero-order valence-electron chi connectivity index (χ0n) is 8.10. The summed E-state index contributed by atoms with van der Waals surface area (Å²) >= 11 is 0. The average molecular weight is 192 g/mol. The van der Waals surface area contributed by atoms with Crippen LogP contribution in [0.5, 0.6) is 0 Å². The smallest absolute Gasteiger partial charge is 0.250 e. The maximum Gasteiger partial charge on any atom is 0.250 e.